The van der Waals surface area contributed by atoms with Crippen LogP contribution in [-0.2, 0) is 18.9 Å². The Balaban J connectivity index is 2.91. The fraction of sp³-hybridized carbons (Fsp3) is 1.00. The largest absolute Gasteiger partial charge is 0.382 e. The summed E-state index contributed by atoms with van der Waals surface area (Å²) in [5, 5.41) is 6.64. The van der Waals surface area contributed by atoms with E-state index in [1.54, 1.807) is 0 Å². The molecule has 6 nitrogen and oxygen atoms in total. The lowest BCUT2D eigenvalue weighted by Gasteiger charge is -2.08. The van der Waals surface area contributed by atoms with E-state index in [0.717, 1.165) is 78.7 Å². The Hall–Kier alpha value is -0.240. The van der Waals surface area contributed by atoms with Gasteiger partial charge in [0.05, 0.1) is 26.4 Å². The van der Waals surface area contributed by atoms with Gasteiger partial charge in [0, 0.05) is 39.5 Å². The van der Waals surface area contributed by atoms with E-state index in [4.69, 9.17) is 18.9 Å². The minimum atomic E-state index is 0.658. The quantitative estimate of drug-likeness (QED) is 0.347. The van der Waals surface area contributed by atoms with Gasteiger partial charge >= 0.3 is 0 Å². The van der Waals surface area contributed by atoms with Crippen LogP contribution in [0.2, 0.25) is 0 Å². The van der Waals surface area contributed by atoms with Crippen LogP contribution in [-0.4, -0.2) is 79.0 Å². The van der Waals surface area contributed by atoms with Crippen LogP contribution in [0, 0.1) is 0 Å². The normalized spacial score (nSPS) is 11.2. The summed E-state index contributed by atoms with van der Waals surface area (Å²) >= 11 is 0. The second-order valence-corrected chi connectivity index (χ2v) is 4.83. The molecule has 22 heavy (non-hydrogen) atoms. The monoisotopic (exact) mass is 320 g/mol. The Bertz CT molecular complexity index is 177. The molecule has 0 spiro atoms. The van der Waals surface area contributed by atoms with Crippen molar-refractivity contribution >= 4 is 0 Å². The molecular formula is C16H36N2O4. The molecule has 0 aliphatic carbocycles. The smallest absolute Gasteiger partial charge is 0.0701 e. The zero-order valence-corrected chi connectivity index (χ0v) is 14.5. The third kappa shape index (κ3) is 19.8. The minimum Gasteiger partial charge on any atom is -0.382 e. The number of ether oxygens (including phenoxy) is 4. The highest BCUT2D eigenvalue weighted by molar-refractivity contribution is 4.48. The van der Waals surface area contributed by atoms with Gasteiger partial charge in [0.1, 0.15) is 0 Å². The topological polar surface area (TPSA) is 61.0 Å². The first-order valence-corrected chi connectivity index (χ1v) is 8.64. The van der Waals surface area contributed by atoms with Gasteiger partial charge in [-0.05, 0) is 39.8 Å². The second kappa shape index (κ2) is 20.8. The molecule has 0 atom stereocenters. The third-order valence-electron chi connectivity index (χ3n) is 2.91. The van der Waals surface area contributed by atoms with Gasteiger partial charge in [0.2, 0.25) is 0 Å². The van der Waals surface area contributed by atoms with E-state index >= 15 is 0 Å². The van der Waals surface area contributed by atoms with Crippen molar-refractivity contribution < 1.29 is 18.9 Å². The number of rotatable bonds is 19. The highest BCUT2D eigenvalue weighted by Crippen LogP contribution is 1.82. The van der Waals surface area contributed by atoms with Gasteiger partial charge in [-0.25, -0.2) is 0 Å². The van der Waals surface area contributed by atoms with Crippen LogP contribution < -0.4 is 10.6 Å². The molecule has 0 unspecified atom stereocenters. The van der Waals surface area contributed by atoms with Gasteiger partial charge in [0.25, 0.3) is 0 Å². The Morgan fingerprint density at radius 1 is 0.500 bits per heavy atom. The van der Waals surface area contributed by atoms with E-state index in [-0.39, 0.29) is 0 Å². The SMILES string of the molecule is CCOCCCNCCOCCOCCNCCCOCC. The molecule has 6 heteroatoms. The Labute approximate surface area is 136 Å². The van der Waals surface area contributed by atoms with Crippen molar-refractivity contribution in [1.82, 2.24) is 10.6 Å². The summed E-state index contributed by atoms with van der Waals surface area (Å²) in [6, 6.07) is 0. The summed E-state index contributed by atoms with van der Waals surface area (Å²) in [6.45, 7) is 13.8. The molecule has 0 fully saturated rings. The predicted molar refractivity (Wildman–Crippen MR) is 89.6 cm³/mol. The van der Waals surface area contributed by atoms with Crippen LogP contribution in [0.3, 0.4) is 0 Å². The summed E-state index contributed by atoms with van der Waals surface area (Å²) in [4.78, 5) is 0. The standard InChI is InChI=1S/C16H36N2O4/c1-3-19-11-5-7-17-9-13-21-15-16-22-14-10-18-8-6-12-20-4-2/h17-18H,3-16H2,1-2H3. The Morgan fingerprint density at radius 3 is 1.36 bits per heavy atom. The van der Waals surface area contributed by atoms with Crippen molar-refractivity contribution in [3.63, 3.8) is 0 Å². The predicted octanol–water partition coefficient (Wildman–Crippen LogP) is 1.05. The molecule has 0 rings (SSSR count). The fourth-order valence-electron chi connectivity index (χ4n) is 1.75. The van der Waals surface area contributed by atoms with E-state index in [1.165, 1.54) is 0 Å². The van der Waals surface area contributed by atoms with E-state index in [2.05, 4.69) is 10.6 Å². The maximum atomic E-state index is 5.48. The molecule has 0 saturated carbocycles. The molecule has 0 heterocycles. The molecule has 0 aliphatic heterocycles. The molecule has 0 radical (unpaired) electrons. The molecule has 2 N–H and O–H groups in total. The summed E-state index contributed by atoms with van der Waals surface area (Å²) in [7, 11) is 0. The molecule has 0 aliphatic rings. The van der Waals surface area contributed by atoms with Gasteiger partial charge in [-0.2, -0.15) is 0 Å². The summed E-state index contributed by atoms with van der Waals surface area (Å²) < 4.78 is 21.5. The lowest BCUT2D eigenvalue weighted by atomic mass is 10.4. The Morgan fingerprint density at radius 2 is 0.955 bits per heavy atom. The van der Waals surface area contributed by atoms with Crippen LogP contribution in [0.5, 0.6) is 0 Å². The van der Waals surface area contributed by atoms with Crippen LogP contribution >= 0.6 is 0 Å². The first-order chi connectivity index (χ1) is 10.9. The zero-order valence-electron chi connectivity index (χ0n) is 14.5. The van der Waals surface area contributed by atoms with Crippen LogP contribution in [0.15, 0.2) is 0 Å². The summed E-state index contributed by atoms with van der Waals surface area (Å²) in [5.74, 6) is 0. The molecule has 0 aromatic carbocycles. The van der Waals surface area contributed by atoms with Crippen molar-refractivity contribution in [2.75, 3.05) is 79.0 Å². The highest BCUT2D eigenvalue weighted by atomic mass is 16.5. The molecule has 0 amide bonds. The van der Waals surface area contributed by atoms with Crippen LogP contribution in [0.1, 0.15) is 26.7 Å². The van der Waals surface area contributed by atoms with Gasteiger partial charge in [-0.1, -0.05) is 0 Å². The number of hydrogen-bond donors (Lipinski definition) is 2. The van der Waals surface area contributed by atoms with E-state index in [9.17, 15) is 0 Å². The van der Waals surface area contributed by atoms with Crippen molar-refractivity contribution in [2.45, 2.75) is 26.7 Å². The van der Waals surface area contributed by atoms with Crippen molar-refractivity contribution in [1.29, 1.82) is 0 Å². The lowest BCUT2D eigenvalue weighted by molar-refractivity contribution is 0.0496. The molecular weight excluding hydrogens is 284 g/mol. The lowest BCUT2D eigenvalue weighted by Crippen LogP contribution is -2.24. The summed E-state index contributed by atoms with van der Waals surface area (Å²) in [6.07, 6.45) is 2.10. The molecule has 0 aromatic heterocycles. The van der Waals surface area contributed by atoms with E-state index < -0.39 is 0 Å². The number of hydrogen-bond acceptors (Lipinski definition) is 6. The number of nitrogens with one attached hydrogen (secondary N) is 2. The molecule has 134 valence electrons. The molecule has 0 aromatic rings. The van der Waals surface area contributed by atoms with Crippen molar-refractivity contribution in [2.24, 2.45) is 0 Å². The average Bonchev–Trinajstić information content (AvgIpc) is 2.54. The zero-order chi connectivity index (χ0) is 16.1. The highest BCUT2D eigenvalue weighted by Gasteiger charge is 1.92. The maximum Gasteiger partial charge on any atom is 0.0701 e. The summed E-state index contributed by atoms with van der Waals surface area (Å²) in [5.41, 5.74) is 0. The second-order valence-electron chi connectivity index (χ2n) is 4.83. The van der Waals surface area contributed by atoms with E-state index in [1.807, 2.05) is 13.8 Å². The Kier molecular flexibility index (Phi) is 20.5. The average molecular weight is 320 g/mol. The molecule has 0 bridgehead atoms. The first-order valence-electron chi connectivity index (χ1n) is 8.64. The third-order valence-corrected chi connectivity index (χ3v) is 2.91. The fourth-order valence-corrected chi connectivity index (χ4v) is 1.75. The minimum absolute atomic E-state index is 0.658. The van der Waals surface area contributed by atoms with E-state index in [0.29, 0.717) is 13.2 Å². The van der Waals surface area contributed by atoms with Gasteiger partial charge in [-0.15, -0.1) is 0 Å². The molecule has 0 saturated heterocycles. The van der Waals surface area contributed by atoms with Crippen LogP contribution in [0.25, 0.3) is 0 Å². The van der Waals surface area contributed by atoms with Gasteiger partial charge < -0.3 is 29.6 Å². The van der Waals surface area contributed by atoms with Crippen LogP contribution in [0.4, 0.5) is 0 Å². The first kappa shape index (κ1) is 21.8. The van der Waals surface area contributed by atoms with Crippen molar-refractivity contribution in [3.05, 3.63) is 0 Å². The maximum absolute atomic E-state index is 5.48. The van der Waals surface area contributed by atoms with Gasteiger partial charge in [-0.3, -0.25) is 0 Å². The van der Waals surface area contributed by atoms with Gasteiger partial charge in [0.15, 0.2) is 0 Å². The van der Waals surface area contributed by atoms with Crippen molar-refractivity contribution in [3.8, 4) is 0 Å².